The zero-order valence-electron chi connectivity index (χ0n) is 10.9. The Morgan fingerprint density at radius 1 is 1.47 bits per heavy atom. The van der Waals surface area contributed by atoms with E-state index in [9.17, 15) is 9.18 Å². The fraction of sp³-hybridized carbons (Fsp3) is 0.500. The maximum atomic E-state index is 13.3. The smallest absolute Gasteiger partial charge is 0.224 e. The Balaban J connectivity index is 1.96. The number of aryl methyl sites for hydroxylation is 1. The Morgan fingerprint density at radius 2 is 2.16 bits per heavy atom. The number of hydrogen-bond acceptors (Lipinski definition) is 2. The average molecular weight is 329 g/mol. The summed E-state index contributed by atoms with van der Waals surface area (Å²) in [6.45, 7) is 3.76. The van der Waals surface area contributed by atoms with E-state index in [2.05, 4.69) is 26.6 Å². The van der Waals surface area contributed by atoms with Crippen molar-refractivity contribution in [3.05, 3.63) is 28.0 Å². The number of benzene rings is 1. The van der Waals surface area contributed by atoms with Crippen LogP contribution in [0.4, 0.5) is 10.1 Å². The summed E-state index contributed by atoms with van der Waals surface area (Å²) in [6.07, 6.45) is 2.62. The van der Waals surface area contributed by atoms with Gasteiger partial charge in [-0.1, -0.05) is 0 Å². The Morgan fingerprint density at radius 3 is 2.84 bits per heavy atom. The zero-order valence-corrected chi connectivity index (χ0v) is 12.5. The summed E-state index contributed by atoms with van der Waals surface area (Å²) in [7, 11) is 0. The molecule has 0 bridgehead atoms. The van der Waals surface area contributed by atoms with Crippen LogP contribution < -0.4 is 10.6 Å². The first-order valence-electron chi connectivity index (χ1n) is 6.52. The van der Waals surface area contributed by atoms with Gasteiger partial charge in [0.05, 0.1) is 4.47 Å². The van der Waals surface area contributed by atoms with Crippen LogP contribution in [-0.2, 0) is 4.79 Å². The summed E-state index contributed by atoms with van der Waals surface area (Å²) in [5.74, 6) is 0.146. The summed E-state index contributed by atoms with van der Waals surface area (Å²) in [5, 5.41) is 6.15. The highest BCUT2D eigenvalue weighted by Crippen LogP contribution is 2.25. The molecule has 0 aliphatic carbocycles. The first kappa shape index (κ1) is 14.5. The van der Waals surface area contributed by atoms with Gasteiger partial charge < -0.3 is 10.6 Å². The fourth-order valence-corrected chi connectivity index (χ4v) is 2.67. The predicted molar refractivity (Wildman–Crippen MR) is 77.7 cm³/mol. The Kier molecular flexibility index (Phi) is 4.93. The molecule has 1 aromatic carbocycles. The molecule has 2 rings (SSSR count). The Labute approximate surface area is 121 Å². The van der Waals surface area contributed by atoms with Gasteiger partial charge in [-0.25, -0.2) is 4.39 Å². The van der Waals surface area contributed by atoms with E-state index in [1.165, 1.54) is 6.07 Å². The van der Waals surface area contributed by atoms with Crippen LogP contribution in [0.2, 0.25) is 0 Å². The number of amides is 1. The SMILES string of the molecule is Cc1cc(F)c(Br)cc1NC(=O)CC1CCNCC1. The maximum Gasteiger partial charge on any atom is 0.224 e. The number of rotatable bonds is 3. The molecular formula is C14H18BrFN2O. The third-order valence-electron chi connectivity index (χ3n) is 3.47. The summed E-state index contributed by atoms with van der Waals surface area (Å²) >= 11 is 3.13. The normalized spacial score (nSPS) is 16.4. The fourth-order valence-electron chi connectivity index (χ4n) is 2.33. The monoisotopic (exact) mass is 328 g/mol. The molecule has 1 aromatic rings. The second kappa shape index (κ2) is 6.48. The molecule has 1 heterocycles. The molecule has 0 unspecified atom stereocenters. The van der Waals surface area contributed by atoms with E-state index < -0.39 is 0 Å². The average Bonchev–Trinajstić information content (AvgIpc) is 2.37. The summed E-state index contributed by atoms with van der Waals surface area (Å²) in [4.78, 5) is 12.0. The summed E-state index contributed by atoms with van der Waals surface area (Å²) in [6, 6.07) is 3.04. The molecule has 19 heavy (non-hydrogen) atoms. The molecule has 0 atom stereocenters. The largest absolute Gasteiger partial charge is 0.326 e. The van der Waals surface area contributed by atoms with E-state index >= 15 is 0 Å². The molecule has 1 aliphatic heterocycles. The molecular weight excluding hydrogens is 311 g/mol. The Bertz CT molecular complexity index is 473. The number of piperidine rings is 1. The standard InChI is InChI=1S/C14H18BrFN2O/c1-9-6-12(16)11(15)8-13(9)18-14(19)7-10-2-4-17-5-3-10/h6,8,10,17H,2-5,7H2,1H3,(H,18,19). The molecule has 0 spiro atoms. The van der Waals surface area contributed by atoms with Gasteiger partial charge in [0.25, 0.3) is 0 Å². The lowest BCUT2D eigenvalue weighted by Gasteiger charge is -2.22. The molecule has 1 saturated heterocycles. The molecule has 0 saturated carbocycles. The van der Waals surface area contributed by atoms with Crippen molar-refractivity contribution in [3.8, 4) is 0 Å². The van der Waals surface area contributed by atoms with Crippen LogP contribution in [0.3, 0.4) is 0 Å². The molecule has 104 valence electrons. The highest BCUT2D eigenvalue weighted by Gasteiger charge is 2.17. The van der Waals surface area contributed by atoms with Crippen molar-refractivity contribution in [1.82, 2.24) is 5.32 Å². The molecule has 5 heteroatoms. The third kappa shape index (κ3) is 4.01. The van der Waals surface area contributed by atoms with Gasteiger partial charge in [-0.15, -0.1) is 0 Å². The van der Waals surface area contributed by atoms with Gasteiger partial charge in [0.15, 0.2) is 0 Å². The number of carbonyl (C=O) groups excluding carboxylic acids is 1. The number of nitrogens with one attached hydrogen (secondary N) is 2. The highest BCUT2D eigenvalue weighted by atomic mass is 79.9. The van der Waals surface area contributed by atoms with Crippen LogP contribution in [0.15, 0.2) is 16.6 Å². The molecule has 3 nitrogen and oxygen atoms in total. The minimum absolute atomic E-state index is 0.00788. The van der Waals surface area contributed by atoms with Gasteiger partial charge in [-0.3, -0.25) is 4.79 Å². The molecule has 0 radical (unpaired) electrons. The van der Waals surface area contributed by atoms with Crippen molar-refractivity contribution in [2.45, 2.75) is 26.2 Å². The van der Waals surface area contributed by atoms with Crippen LogP contribution in [0.25, 0.3) is 0 Å². The first-order chi connectivity index (χ1) is 9.06. The van der Waals surface area contributed by atoms with Crippen molar-refractivity contribution in [2.24, 2.45) is 5.92 Å². The van der Waals surface area contributed by atoms with Crippen molar-refractivity contribution >= 4 is 27.5 Å². The van der Waals surface area contributed by atoms with E-state index in [1.54, 1.807) is 13.0 Å². The molecule has 0 aromatic heterocycles. The minimum Gasteiger partial charge on any atom is -0.326 e. The minimum atomic E-state index is -0.311. The third-order valence-corrected chi connectivity index (χ3v) is 4.08. The number of halogens is 2. The Hall–Kier alpha value is -0.940. The number of carbonyl (C=O) groups is 1. The van der Waals surface area contributed by atoms with E-state index in [0.717, 1.165) is 31.5 Å². The maximum absolute atomic E-state index is 13.3. The van der Waals surface area contributed by atoms with Crippen LogP contribution in [0.1, 0.15) is 24.8 Å². The molecule has 1 amide bonds. The second-order valence-corrected chi connectivity index (χ2v) is 5.88. The van der Waals surface area contributed by atoms with Crippen molar-refractivity contribution < 1.29 is 9.18 Å². The van der Waals surface area contributed by atoms with Crippen molar-refractivity contribution in [2.75, 3.05) is 18.4 Å². The topological polar surface area (TPSA) is 41.1 Å². The summed E-state index contributed by atoms with van der Waals surface area (Å²) < 4.78 is 13.7. The van der Waals surface area contributed by atoms with Crippen molar-refractivity contribution in [1.29, 1.82) is 0 Å². The van der Waals surface area contributed by atoms with Gasteiger partial charge in [-0.05, 0) is 72.4 Å². The van der Waals surface area contributed by atoms with Gasteiger partial charge in [0.1, 0.15) is 5.82 Å². The van der Waals surface area contributed by atoms with E-state index in [1.807, 2.05) is 0 Å². The molecule has 1 aliphatic rings. The van der Waals surface area contributed by atoms with Crippen LogP contribution in [0.5, 0.6) is 0 Å². The van der Waals surface area contributed by atoms with Crippen molar-refractivity contribution in [3.63, 3.8) is 0 Å². The first-order valence-corrected chi connectivity index (χ1v) is 7.32. The second-order valence-electron chi connectivity index (χ2n) is 5.03. The zero-order chi connectivity index (χ0) is 13.8. The summed E-state index contributed by atoms with van der Waals surface area (Å²) in [5.41, 5.74) is 1.41. The quantitative estimate of drug-likeness (QED) is 0.894. The lowest BCUT2D eigenvalue weighted by Crippen LogP contribution is -2.30. The van der Waals surface area contributed by atoms with E-state index in [-0.39, 0.29) is 11.7 Å². The number of anilines is 1. The van der Waals surface area contributed by atoms with Gasteiger partial charge in [0.2, 0.25) is 5.91 Å². The van der Waals surface area contributed by atoms with E-state index in [0.29, 0.717) is 22.5 Å². The lowest BCUT2D eigenvalue weighted by atomic mass is 9.94. The van der Waals surface area contributed by atoms with Gasteiger partial charge in [0, 0.05) is 12.1 Å². The van der Waals surface area contributed by atoms with E-state index in [4.69, 9.17) is 0 Å². The van der Waals surface area contributed by atoms with Gasteiger partial charge in [-0.2, -0.15) is 0 Å². The molecule has 2 N–H and O–H groups in total. The van der Waals surface area contributed by atoms with Crippen LogP contribution in [0, 0.1) is 18.7 Å². The van der Waals surface area contributed by atoms with Crippen LogP contribution in [-0.4, -0.2) is 19.0 Å². The predicted octanol–water partition coefficient (Wildman–Crippen LogP) is 3.22. The lowest BCUT2D eigenvalue weighted by molar-refractivity contribution is -0.117. The highest BCUT2D eigenvalue weighted by molar-refractivity contribution is 9.10. The van der Waals surface area contributed by atoms with Gasteiger partial charge >= 0.3 is 0 Å². The molecule has 1 fully saturated rings. The number of hydrogen-bond donors (Lipinski definition) is 2. The van der Waals surface area contributed by atoms with Crippen LogP contribution >= 0.6 is 15.9 Å².